The second kappa shape index (κ2) is 16.8. The van der Waals surface area contributed by atoms with E-state index in [1.165, 1.54) is 19.9 Å². The number of hydrogen-bond acceptors (Lipinski definition) is 9. The number of carbonyl (C=O) groups excluding carboxylic acids is 2. The molecule has 0 spiro atoms. The Balaban J connectivity index is 1.41. The van der Waals surface area contributed by atoms with Gasteiger partial charge in [0.1, 0.15) is 11.4 Å². The van der Waals surface area contributed by atoms with E-state index in [9.17, 15) is 23.1 Å². The molecule has 0 fully saturated rings. The molecule has 0 saturated heterocycles. The number of fused-ring (bicyclic) bond motifs is 2. The average Bonchev–Trinajstić information content (AvgIpc) is 3.47. The SMILES string of the molecule is Cc1noc(C)c1S(=O)(=O)Nc1ccc2c(c1)C(=O)N([C@H](C)CO)C[C@H](C)[C@H](CN(C)C(=O)Nc1cccc3ccccc13)OCCCC[C@H](C)O2. The number of nitrogens with one attached hydrogen (secondary N) is 2. The number of hydrogen-bond donors (Lipinski definition) is 3. The molecule has 1 aliphatic rings. The molecule has 5 rings (SSSR count). The molecule has 280 valence electrons. The summed E-state index contributed by atoms with van der Waals surface area (Å²) in [7, 11) is -2.39. The minimum atomic E-state index is -4.10. The molecule has 4 aromatic rings. The third kappa shape index (κ3) is 9.03. The number of sulfonamides is 1. The smallest absolute Gasteiger partial charge is 0.321 e. The van der Waals surface area contributed by atoms with Crippen LogP contribution >= 0.6 is 0 Å². The van der Waals surface area contributed by atoms with Gasteiger partial charge in [-0.2, -0.15) is 0 Å². The van der Waals surface area contributed by atoms with E-state index in [-0.39, 0.29) is 65.3 Å². The molecule has 0 saturated carbocycles. The molecule has 0 unspecified atom stereocenters. The first-order valence-corrected chi connectivity index (χ1v) is 19.1. The topological polar surface area (TPSA) is 164 Å². The Morgan fingerprint density at radius 1 is 1.10 bits per heavy atom. The number of carbonyl (C=O) groups is 2. The van der Waals surface area contributed by atoms with Gasteiger partial charge in [0, 0.05) is 43.7 Å². The second-order valence-corrected chi connectivity index (χ2v) is 15.2. The fourth-order valence-electron chi connectivity index (χ4n) is 6.41. The lowest BCUT2D eigenvalue weighted by Crippen LogP contribution is -2.48. The molecule has 1 aliphatic heterocycles. The zero-order chi connectivity index (χ0) is 37.6. The van der Waals surface area contributed by atoms with Gasteiger partial charge >= 0.3 is 6.03 Å². The van der Waals surface area contributed by atoms with E-state index >= 15 is 0 Å². The lowest BCUT2D eigenvalue weighted by Gasteiger charge is -2.35. The van der Waals surface area contributed by atoms with Crippen molar-refractivity contribution in [2.45, 2.75) is 77.0 Å². The van der Waals surface area contributed by atoms with Crippen LogP contribution in [0.4, 0.5) is 16.2 Å². The van der Waals surface area contributed by atoms with Crippen LogP contribution in [0.5, 0.6) is 5.75 Å². The summed E-state index contributed by atoms with van der Waals surface area (Å²) in [5, 5.41) is 19.0. The van der Waals surface area contributed by atoms with Crippen molar-refractivity contribution in [2.75, 3.05) is 43.4 Å². The van der Waals surface area contributed by atoms with Crippen LogP contribution in [0.1, 0.15) is 61.8 Å². The average molecular weight is 736 g/mol. The number of ether oxygens (including phenoxy) is 2. The Morgan fingerprint density at radius 3 is 2.58 bits per heavy atom. The standard InChI is InChI=1S/C38H49N5O8S/c1-24-21-43(25(2)23-44)37(45)32-20-30(41-52(47,48)36-27(4)40-51-28(36)5)17-18-34(32)50-26(3)12-9-10-19-49-35(24)22-42(6)38(46)39-33-16-11-14-29-13-7-8-15-31(29)33/h7-8,11,13-18,20,24-26,35,41,44H,9-10,12,19,21-23H2,1-6H3,(H,39,46)/t24-,25+,26-,35-/m0/s1. The van der Waals surface area contributed by atoms with Crippen LogP contribution in [-0.4, -0.2) is 92.0 Å². The summed E-state index contributed by atoms with van der Waals surface area (Å²) in [6, 6.07) is 17.3. The first-order valence-electron chi connectivity index (χ1n) is 17.6. The quantitative estimate of drug-likeness (QED) is 0.191. The van der Waals surface area contributed by atoms with Crippen LogP contribution in [-0.2, 0) is 14.8 Å². The number of aryl methyl sites for hydroxylation is 2. The highest BCUT2D eigenvalue weighted by molar-refractivity contribution is 7.92. The van der Waals surface area contributed by atoms with E-state index in [4.69, 9.17) is 14.0 Å². The maximum absolute atomic E-state index is 14.5. The number of likely N-dealkylation sites (N-methyl/N-ethyl adjacent to an activating group) is 1. The van der Waals surface area contributed by atoms with Crippen molar-refractivity contribution in [1.82, 2.24) is 15.0 Å². The first-order chi connectivity index (χ1) is 24.8. The molecule has 2 heterocycles. The summed E-state index contributed by atoms with van der Waals surface area (Å²) in [4.78, 5) is 31.0. The monoisotopic (exact) mass is 735 g/mol. The van der Waals surface area contributed by atoms with E-state index in [1.807, 2.05) is 56.3 Å². The molecule has 52 heavy (non-hydrogen) atoms. The van der Waals surface area contributed by atoms with Crippen molar-refractivity contribution in [3.63, 3.8) is 0 Å². The lowest BCUT2D eigenvalue weighted by atomic mass is 10.0. The number of benzene rings is 3. The van der Waals surface area contributed by atoms with Crippen LogP contribution in [0.15, 0.2) is 70.1 Å². The number of amides is 3. The van der Waals surface area contributed by atoms with Crippen molar-refractivity contribution in [3.8, 4) is 5.75 Å². The fourth-order valence-corrected chi connectivity index (χ4v) is 7.79. The number of nitrogens with zero attached hydrogens (tertiary/aromatic N) is 3. The van der Waals surface area contributed by atoms with E-state index in [1.54, 1.807) is 35.9 Å². The fraction of sp³-hybridized carbons (Fsp3) is 0.447. The Hall–Kier alpha value is -4.66. The summed E-state index contributed by atoms with van der Waals surface area (Å²) >= 11 is 0. The number of rotatable bonds is 8. The molecule has 0 aliphatic carbocycles. The summed E-state index contributed by atoms with van der Waals surface area (Å²) in [5.74, 6) is -0.290. The highest BCUT2D eigenvalue weighted by Crippen LogP contribution is 2.31. The van der Waals surface area contributed by atoms with Crippen LogP contribution in [0.25, 0.3) is 10.8 Å². The largest absolute Gasteiger partial charge is 0.490 e. The van der Waals surface area contributed by atoms with Crippen LogP contribution in [0, 0.1) is 19.8 Å². The highest BCUT2D eigenvalue weighted by atomic mass is 32.2. The predicted octanol–water partition coefficient (Wildman–Crippen LogP) is 6.20. The predicted molar refractivity (Wildman–Crippen MR) is 199 cm³/mol. The number of urea groups is 1. The Bertz CT molecular complexity index is 1960. The summed E-state index contributed by atoms with van der Waals surface area (Å²) in [5.41, 5.74) is 1.20. The normalized spacial score (nSPS) is 19.6. The highest BCUT2D eigenvalue weighted by Gasteiger charge is 2.32. The molecule has 14 heteroatoms. The number of aromatic nitrogens is 1. The summed E-state index contributed by atoms with van der Waals surface area (Å²) in [6.07, 6.45) is 1.52. The van der Waals surface area contributed by atoms with Crippen LogP contribution < -0.4 is 14.8 Å². The molecular formula is C38H49N5O8S. The molecular weight excluding hydrogens is 687 g/mol. The maximum atomic E-state index is 14.5. The van der Waals surface area contributed by atoms with E-state index in [0.29, 0.717) is 24.5 Å². The van der Waals surface area contributed by atoms with Crippen LogP contribution in [0.2, 0.25) is 0 Å². The molecule has 4 atom stereocenters. The Kier molecular flexibility index (Phi) is 12.4. The van der Waals surface area contributed by atoms with Crippen molar-refractivity contribution < 1.29 is 37.1 Å². The van der Waals surface area contributed by atoms with Gasteiger partial charge in [0.05, 0.1) is 36.1 Å². The molecule has 0 radical (unpaired) electrons. The van der Waals surface area contributed by atoms with E-state index in [2.05, 4.69) is 15.2 Å². The van der Waals surface area contributed by atoms with Gasteiger partial charge in [0.25, 0.3) is 15.9 Å². The first kappa shape index (κ1) is 38.6. The third-order valence-corrected chi connectivity index (χ3v) is 11.0. The molecule has 3 amide bonds. The molecule has 3 aromatic carbocycles. The van der Waals surface area contributed by atoms with E-state index in [0.717, 1.165) is 23.6 Å². The number of aliphatic hydroxyl groups is 1. The second-order valence-electron chi connectivity index (χ2n) is 13.6. The minimum Gasteiger partial charge on any atom is -0.490 e. The van der Waals surface area contributed by atoms with Gasteiger partial charge in [0.15, 0.2) is 10.7 Å². The van der Waals surface area contributed by atoms with Crippen LogP contribution in [0.3, 0.4) is 0 Å². The maximum Gasteiger partial charge on any atom is 0.321 e. The van der Waals surface area contributed by atoms with Gasteiger partial charge in [0.2, 0.25) is 0 Å². The Morgan fingerprint density at radius 2 is 1.85 bits per heavy atom. The summed E-state index contributed by atoms with van der Waals surface area (Å²) < 4.78 is 47.0. The van der Waals surface area contributed by atoms with E-state index < -0.39 is 28.1 Å². The number of aliphatic hydroxyl groups excluding tert-OH is 1. The van der Waals surface area contributed by atoms with Crippen molar-refractivity contribution in [3.05, 3.63) is 77.7 Å². The minimum absolute atomic E-state index is 0.0741. The number of anilines is 2. The van der Waals surface area contributed by atoms with Gasteiger partial charge in [-0.3, -0.25) is 9.52 Å². The van der Waals surface area contributed by atoms with Gasteiger partial charge < -0.3 is 34.2 Å². The third-order valence-electron chi connectivity index (χ3n) is 9.37. The van der Waals surface area contributed by atoms with Gasteiger partial charge in [-0.1, -0.05) is 48.5 Å². The zero-order valence-corrected chi connectivity index (χ0v) is 31.4. The molecule has 13 nitrogen and oxygen atoms in total. The Labute approximate surface area is 305 Å². The van der Waals surface area contributed by atoms with Crippen molar-refractivity contribution in [1.29, 1.82) is 0 Å². The van der Waals surface area contributed by atoms with Gasteiger partial charge in [-0.25, -0.2) is 13.2 Å². The molecule has 0 bridgehead atoms. The van der Waals surface area contributed by atoms with Crippen molar-refractivity contribution >= 4 is 44.1 Å². The van der Waals surface area contributed by atoms with Gasteiger partial charge in [-0.15, -0.1) is 0 Å². The summed E-state index contributed by atoms with van der Waals surface area (Å²) in [6.45, 7) is 9.21. The van der Waals surface area contributed by atoms with Gasteiger partial charge in [-0.05, 0) is 76.6 Å². The zero-order valence-electron chi connectivity index (χ0n) is 30.6. The molecule has 3 N–H and O–H groups in total. The van der Waals surface area contributed by atoms with Crippen molar-refractivity contribution in [2.24, 2.45) is 5.92 Å². The lowest BCUT2D eigenvalue weighted by molar-refractivity contribution is -0.0115. The molecule has 1 aromatic heterocycles.